The van der Waals surface area contributed by atoms with Gasteiger partial charge in [0, 0.05) is 23.9 Å². The van der Waals surface area contributed by atoms with Crippen LogP contribution in [0, 0.1) is 0 Å². The minimum atomic E-state index is -0.524. The normalized spacial score (nSPS) is 13.1. The zero-order chi connectivity index (χ0) is 22.2. The maximum atomic E-state index is 12.4. The van der Waals surface area contributed by atoms with Crippen LogP contribution >= 0.6 is 11.3 Å². The van der Waals surface area contributed by atoms with Crippen LogP contribution in [-0.2, 0) is 4.79 Å². The van der Waals surface area contributed by atoms with E-state index in [0.717, 1.165) is 5.56 Å². The Morgan fingerprint density at radius 3 is 2.59 bits per heavy atom. The highest BCUT2D eigenvalue weighted by Crippen LogP contribution is 2.27. The second-order valence-corrected chi connectivity index (χ2v) is 8.08. The van der Waals surface area contributed by atoms with Crippen molar-refractivity contribution in [3.05, 3.63) is 69.5 Å². The zero-order valence-electron chi connectivity index (χ0n) is 16.6. The number of anilines is 1. The number of carbonyl (C=O) groups is 3. The summed E-state index contributed by atoms with van der Waals surface area (Å²) in [4.78, 5) is 56.5. The van der Waals surface area contributed by atoms with Gasteiger partial charge in [0.15, 0.2) is 10.7 Å². The third-order valence-corrected chi connectivity index (χ3v) is 5.89. The topological polar surface area (TPSA) is 125 Å². The predicted octanol–water partition coefficient (Wildman–Crippen LogP) is 3.26. The molecule has 1 aliphatic heterocycles. The third kappa shape index (κ3) is 3.60. The van der Waals surface area contributed by atoms with Crippen molar-refractivity contribution in [1.29, 1.82) is 0 Å². The monoisotopic (exact) mass is 448 g/mol. The molecule has 4 aromatic rings. The number of aromatic amines is 1. The van der Waals surface area contributed by atoms with Crippen LogP contribution in [0.4, 0.5) is 5.13 Å². The maximum Gasteiger partial charge on any atom is 0.417 e. The summed E-state index contributed by atoms with van der Waals surface area (Å²) < 4.78 is 4.99. The third-order valence-electron chi connectivity index (χ3n) is 5.13. The first kappa shape index (κ1) is 19.9. The number of amides is 3. The molecule has 2 aromatic heterocycles. The van der Waals surface area contributed by atoms with Crippen LogP contribution in [-0.4, -0.2) is 39.1 Å². The van der Waals surface area contributed by atoms with Gasteiger partial charge in [-0.3, -0.25) is 24.3 Å². The molecule has 32 heavy (non-hydrogen) atoms. The lowest BCUT2D eigenvalue weighted by Crippen LogP contribution is -2.31. The van der Waals surface area contributed by atoms with E-state index in [2.05, 4.69) is 15.3 Å². The Hall–Kier alpha value is -4.05. The van der Waals surface area contributed by atoms with Gasteiger partial charge in [-0.25, -0.2) is 9.78 Å². The number of hydrogen-bond donors (Lipinski definition) is 2. The van der Waals surface area contributed by atoms with Gasteiger partial charge in [-0.2, -0.15) is 0 Å². The van der Waals surface area contributed by atoms with E-state index in [4.69, 9.17) is 4.42 Å². The number of benzene rings is 2. The van der Waals surface area contributed by atoms with E-state index in [1.165, 1.54) is 16.2 Å². The van der Waals surface area contributed by atoms with Crippen molar-refractivity contribution in [2.75, 3.05) is 11.9 Å². The molecule has 0 unspecified atom stereocenters. The molecular formula is C22H16N4O5S. The zero-order valence-corrected chi connectivity index (χ0v) is 17.4. The molecule has 0 atom stereocenters. The fraction of sp³-hybridized carbons (Fsp3) is 0.136. The Kier molecular flexibility index (Phi) is 4.91. The Morgan fingerprint density at radius 1 is 1.09 bits per heavy atom. The summed E-state index contributed by atoms with van der Waals surface area (Å²) >= 11 is 1.28. The van der Waals surface area contributed by atoms with Crippen LogP contribution in [0.2, 0.25) is 0 Å². The maximum absolute atomic E-state index is 12.4. The molecule has 1 aliphatic rings. The number of oxazole rings is 1. The standard InChI is InChI=1S/C22H16N4O5S/c27-18(6-3-9-26-19(28)13-4-1-2-5-14(13)20(26)29)25-21-23-16(11-32-21)12-7-8-17-15(10-12)24-22(30)31-17/h1-2,4-5,7-8,10-11H,3,6,9H2,(H,24,30)(H,23,25,27). The molecule has 0 saturated carbocycles. The fourth-order valence-electron chi connectivity index (χ4n) is 3.60. The van der Waals surface area contributed by atoms with Gasteiger partial charge in [-0.1, -0.05) is 12.1 Å². The number of nitrogens with zero attached hydrogens (tertiary/aromatic N) is 2. The fourth-order valence-corrected chi connectivity index (χ4v) is 4.33. The summed E-state index contributed by atoms with van der Waals surface area (Å²) in [6.07, 6.45) is 0.491. The average Bonchev–Trinajstić information content (AvgIpc) is 3.46. The molecule has 2 N–H and O–H groups in total. The summed E-state index contributed by atoms with van der Waals surface area (Å²) in [6, 6.07) is 11.9. The van der Waals surface area contributed by atoms with Crippen molar-refractivity contribution in [2.24, 2.45) is 0 Å². The molecule has 0 spiro atoms. The van der Waals surface area contributed by atoms with Crippen LogP contribution < -0.4 is 11.1 Å². The van der Waals surface area contributed by atoms with Gasteiger partial charge in [0.2, 0.25) is 5.91 Å². The van der Waals surface area contributed by atoms with Gasteiger partial charge >= 0.3 is 5.76 Å². The number of thiazole rings is 1. The number of imide groups is 1. The Morgan fingerprint density at radius 2 is 1.84 bits per heavy atom. The van der Waals surface area contributed by atoms with E-state index >= 15 is 0 Å². The number of H-pyrrole nitrogens is 1. The number of aromatic nitrogens is 2. The Labute approximate surface area is 184 Å². The molecular weight excluding hydrogens is 432 g/mol. The molecule has 0 fully saturated rings. The molecule has 0 bridgehead atoms. The Bertz CT molecular complexity index is 1400. The summed E-state index contributed by atoms with van der Waals surface area (Å²) in [6.45, 7) is 0.172. The lowest BCUT2D eigenvalue weighted by molar-refractivity contribution is -0.116. The van der Waals surface area contributed by atoms with Crippen LogP contribution in [0.15, 0.2) is 57.1 Å². The van der Waals surface area contributed by atoms with Crippen molar-refractivity contribution in [1.82, 2.24) is 14.9 Å². The van der Waals surface area contributed by atoms with Crippen molar-refractivity contribution in [2.45, 2.75) is 12.8 Å². The van der Waals surface area contributed by atoms with E-state index in [9.17, 15) is 19.2 Å². The molecule has 160 valence electrons. The van der Waals surface area contributed by atoms with E-state index in [1.54, 1.807) is 47.8 Å². The van der Waals surface area contributed by atoms with Crippen molar-refractivity contribution in [3.63, 3.8) is 0 Å². The van der Waals surface area contributed by atoms with Gasteiger partial charge in [-0.05, 0) is 36.8 Å². The number of rotatable bonds is 6. The number of carbonyl (C=O) groups excluding carboxylic acids is 3. The molecule has 0 aliphatic carbocycles. The summed E-state index contributed by atoms with van der Waals surface area (Å²) in [5, 5.41) is 4.98. The van der Waals surface area contributed by atoms with E-state index in [1.807, 2.05) is 0 Å². The van der Waals surface area contributed by atoms with Crippen LogP contribution in [0.3, 0.4) is 0 Å². The van der Waals surface area contributed by atoms with E-state index in [0.29, 0.717) is 39.5 Å². The molecule has 9 nitrogen and oxygen atoms in total. The smallest absolute Gasteiger partial charge is 0.408 e. The van der Waals surface area contributed by atoms with Gasteiger partial charge in [0.1, 0.15) is 0 Å². The largest absolute Gasteiger partial charge is 0.417 e. The molecule has 3 heterocycles. The average molecular weight is 448 g/mol. The van der Waals surface area contributed by atoms with Crippen LogP contribution in [0.5, 0.6) is 0 Å². The van der Waals surface area contributed by atoms with Gasteiger partial charge in [-0.15, -0.1) is 11.3 Å². The quantitative estimate of drug-likeness (QED) is 0.436. The molecule has 2 aromatic carbocycles. The minimum absolute atomic E-state index is 0.143. The number of hydrogen-bond acceptors (Lipinski definition) is 7. The van der Waals surface area contributed by atoms with Gasteiger partial charge < -0.3 is 9.73 Å². The summed E-state index contributed by atoms with van der Waals surface area (Å²) in [7, 11) is 0. The van der Waals surface area contributed by atoms with E-state index < -0.39 is 5.76 Å². The predicted molar refractivity (Wildman–Crippen MR) is 118 cm³/mol. The molecule has 10 heteroatoms. The summed E-state index contributed by atoms with van der Waals surface area (Å²) in [5.74, 6) is -1.43. The second kappa shape index (κ2) is 7.89. The second-order valence-electron chi connectivity index (χ2n) is 7.22. The highest BCUT2D eigenvalue weighted by atomic mass is 32.1. The van der Waals surface area contributed by atoms with Gasteiger partial charge in [0.25, 0.3) is 11.8 Å². The van der Waals surface area contributed by atoms with Crippen molar-refractivity contribution < 1.29 is 18.8 Å². The first-order valence-corrected chi connectivity index (χ1v) is 10.7. The Balaban J connectivity index is 1.17. The number of nitrogens with one attached hydrogen (secondary N) is 2. The van der Waals surface area contributed by atoms with Crippen molar-refractivity contribution >= 4 is 45.3 Å². The van der Waals surface area contributed by atoms with Crippen LogP contribution in [0.1, 0.15) is 33.6 Å². The SMILES string of the molecule is O=C(CCCN1C(=O)c2ccccc2C1=O)Nc1nc(-c2ccc3oc(=O)[nH]c3c2)cs1. The lowest BCUT2D eigenvalue weighted by Gasteiger charge is -2.13. The molecule has 0 saturated heterocycles. The molecule has 5 rings (SSSR count). The van der Waals surface area contributed by atoms with Crippen molar-refractivity contribution in [3.8, 4) is 11.3 Å². The minimum Gasteiger partial charge on any atom is -0.408 e. The highest BCUT2D eigenvalue weighted by molar-refractivity contribution is 7.14. The van der Waals surface area contributed by atoms with Gasteiger partial charge in [0.05, 0.1) is 22.3 Å². The van der Waals surface area contributed by atoms with Crippen LogP contribution in [0.25, 0.3) is 22.4 Å². The highest BCUT2D eigenvalue weighted by Gasteiger charge is 2.34. The first-order valence-electron chi connectivity index (χ1n) is 9.83. The molecule has 0 radical (unpaired) electrons. The summed E-state index contributed by atoms with van der Waals surface area (Å²) in [5.41, 5.74) is 3.25. The molecule has 3 amide bonds. The first-order chi connectivity index (χ1) is 15.5. The number of fused-ring (bicyclic) bond motifs is 2. The lowest BCUT2D eigenvalue weighted by atomic mass is 10.1. The van der Waals surface area contributed by atoms with E-state index in [-0.39, 0.29) is 30.7 Å².